The fourth-order valence-electron chi connectivity index (χ4n) is 2.10. The number of carbonyl (C=O) groups excluding carboxylic acids is 1. The molecule has 1 amide bonds. The van der Waals surface area contributed by atoms with E-state index in [0.29, 0.717) is 23.7 Å². The van der Waals surface area contributed by atoms with Crippen molar-refractivity contribution in [1.82, 2.24) is 9.88 Å². The van der Waals surface area contributed by atoms with E-state index in [-0.39, 0.29) is 17.1 Å². The molecular formula is C14H20Cl2N2O2. The van der Waals surface area contributed by atoms with Crippen molar-refractivity contribution in [3.8, 4) is 0 Å². The number of hydrogen-bond donors (Lipinski definition) is 0. The molecule has 0 N–H and O–H groups in total. The summed E-state index contributed by atoms with van der Waals surface area (Å²) in [4.78, 5) is 18.3. The van der Waals surface area contributed by atoms with Crippen LogP contribution in [0.5, 0.6) is 0 Å². The molecule has 0 saturated heterocycles. The van der Waals surface area contributed by atoms with E-state index in [0.717, 1.165) is 12.8 Å². The monoisotopic (exact) mass is 318 g/mol. The van der Waals surface area contributed by atoms with Gasteiger partial charge in [-0.25, -0.2) is 4.98 Å². The molecule has 112 valence electrons. The molecule has 0 aromatic carbocycles. The number of ether oxygens (including phenoxy) is 1. The molecule has 0 bridgehead atoms. The Labute approximate surface area is 130 Å². The van der Waals surface area contributed by atoms with E-state index in [1.165, 1.54) is 12.3 Å². The summed E-state index contributed by atoms with van der Waals surface area (Å²) in [5.74, 6) is -0.134. The van der Waals surface area contributed by atoms with Crippen LogP contribution >= 0.6 is 23.2 Å². The fraction of sp³-hybridized carbons (Fsp3) is 0.571. The van der Waals surface area contributed by atoms with Crippen LogP contribution in [0.2, 0.25) is 10.2 Å². The van der Waals surface area contributed by atoms with Crippen LogP contribution in [0.25, 0.3) is 0 Å². The highest BCUT2D eigenvalue weighted by Gasteiger charge is 2.24. The standard InChI is InChI=1S/C14H20Cl2N2O2/c1-4-10(5-2)18(6-7-20-3)14(19)11-8-13(16)17-9-12(11)15/h8-10H,4-7H2,1-3H3. The highest BCUT2D eigenvalue weighted by molar-refractivity contribution is 6.35. The van der Waals surface area contributed by atoms with Crippen LogP contribution in [0.3, 0.4) is 0 Å². The Morgan fingerprint density at radius 3 is 2.60 bits per heavy atom. The van der Waals surface area contributed by atoms with Gasteiger partial charge < -0.3 is 9.64 Å². The molecule has 6 heteroatoms. The van der Waals surface area contributed by atoms with Gasteiger partial charge in [-0.1, -0.05) is 37.0 Å². The summed E-state index contributed by atoms with van der Waals surface area (Å²) in [5, 5.41) is 0.571. The lowest BCUT2D eigenvalue weighted by atomic mass is 10.1. The maximum absolute atomic E-state index is 12.7. The summed E-state index contributed by atoms with van der Waals surface area (Å²) < 4.78 is 5.09. The van der Waals surface area contributed by atoms with E-state index in [4.69, 9.17) is 27.9 Å². The molecule has 0 unspecified atom stereocenters. The number of rotatable bonds is 7. The van der Waals surface area contributed by atoms with Gasteiger partial charge >= 0.3 is 0 Å². The number of carbonyl (C=O) groups is 1. The van der Waals surface area contributed by atoms with Crippen LogP contribution in [0.15, 0.2) is 12.3 Å². The third-order valence-corrected chi connectivity index (χ3v) is 3.74. The van der Waals surface area contributed by atoms with Crippen molar-refractivity contribution < 1.29 is 9.53 Å². The predicted molar refractivity (Wildman–Crippen MR) is 81.5 cm³/mol. The quantitative estimate of drug-likeness (QED) is 0.720. The second-order valence-electron chi connectivity index (χ2n) is 4.45. The van der Waals surface area contributed by atoms with E-state index in [1.54, 1.807) is 12.0 Å². The van der Waals surface area contributed by atoms with Gasteiger partial charge in [0.15, 0.2) is 0 Å². The highest BCUT2D eigenvalue weighted by Crippen LogP contribution is 2.22. The van der Waals surface area contributed by atoms with Crippen molar-refractivity contribution in [1.29, 1.82) is 0 Å². The Morgan fingerprint density at radius 1 is 1.40 bits per heavy atom. The first-order valence-electron chi connectivity index (χ1n) is 6.66. The summed E-state index contributed by atoms with van der Waals surface area (Å²) in [6, 6.07) is 1.66. The first-order valence-corrected chi connectivity index (χ1v) is 7.41. The minimum absolute atomic E-state index is 0.134. The molecule has 0 atom stereocenters. The molecule has 0 aliphatic rings. The molecule has 0 radical (unpaired) electrons. The summed E-state index contributed by atoms with van der Waals surface area (Å²) in [7, 11) is 1.62. The van der Waals surface area contributed by atoms with Gasteiger partial charge in [0.25, 0.3) is 5.91 Å². The normalized spacial score (nSPS) is 10.9. The third-order valence-electron chi connectivity index (χ3n) is 3.23. The summed E-state index contributed by atoms with van der Waals surface area (Å²) in [6.07, 6.45) is 3.16. The van der Waals surface area contributed by atoms with Gasteiger partial charge in [0.05, 0.1) is 17.2 Å². The van der Waals surface area contributed by atoms with Crippen LogP contribution in [0, 0.1) is 0 Å². The topological polar surface area (TPSA) is 42.4 Å². The molecule has 0 aliphatic heterocycles. The average Bonchev–Trinajstić information content (AvgIpc) is 2.45. The molecule has 4 nitrogen and oxygen atoms in total. The van der Waals surface area contributed by atoms with Crippen LogP contribution in [-0.2, 0) is 4.74 Å². The van der Waals surface area contributed by atoms with Gasteiger partial charge in [0, 0.05) is 25.9 Å². The Kier molecular flexibility index (Phi) is 7.27. The number of methoxy groups -OCH3 is 1. The van der Waals surface area contributed by atoms with E-state index in [2.05, 4.69) is 18.8 Å². The zero-order valence-corrected chi connectivity index (χ0v) is 13.5. The lowest BCUT2D eigenvalue weighted by Crippen LogP contribution is -2.42. The highest BCUT2D eigenvalue weighted by atomic mass is 35.5. The van der Waals surface area contributed by atoms with Gasteiger partial charge in [0.1, 0.15) is 5.15 Å². The molecule has 0 fully saturated rings. The van der Waals surface area contributed by atoms with Crippen LogP contribution in [0.1, 0.15) is 37.0 Å². The van der Waals surface area contributed by atoms with Gasteiger partial charge in [0.2, 0.25) is 0 Å². The Morgan fingerprint density at radius 2 is 2.05 bits per heavy atom. The van der Waals surface area contributed by atoms with Crippen LogP contribution < -0.4 is 0 Å². The average molecular weight is 319 g/mol. The number of nitrogens with zero attached hydrogens (tertiary/aromatic N) is 2. The fourth-order valence-corrected chi connectivity index (χ4v) is 2.44. The van der Waals surface area contributed by atoms with Crippen molar-refractivity contribution in [2.24, 2.45) is 0 Å². The molecular weight excluding hydrogens is 299 g/mol. The number of hydrogen-bond acceptors (Lipinski definition) is 3. The minimum Gasteiger partial charge on any atom is -0.383 e. The molecule has 20 heavy (non-hydrogen) atoms. The van der Waals surface area contributed by atoms with Crippen molar-refractivity contribution in [3.63, 3.8) is 0 Å². The smallest absolute Gasteiger partial charge is 0.255 e. The van der Waals surface area contributed by atoms with Crippen LogP contribution in [-0.4, -0.2) is 42.1 Å². The molecule has 0 aliphatic carbocycles. The predicted octanol–water partition coefficient (Wildman–Crippen LogP) is 3.67. The number of aromatic nitrogens is 1. The van der Waals surface area contributed by atoms with E-state index in [1.807, 2.05) is 0 Å². The number of amides is 1. The second-order valence-corrected chi connectivity index (χ2v) is 5.24. The van der Waals surface area contributed by atoms with Crippen molar-refractivity contribution >= 4 is 29.1 Å². The second kappa shape index (κ2) is 8.45. The summed E-state index contributed by atoms with van der Waals surface area (Å²) in [6.45, 7) is 5.13. The van der Waals surface area contributed by atoms with Gasteiger partial charge in [-0.2, -0.15) is 0 Å². The Hall–Kier alpha value is -0.840. The summed E-state index contributed by atoms with van der Waals surface area (Å²) in [5.41, 5.74) is 0.384. The first-order chi connectivity index (χ1) is 9.54. The largest absolute Gasteiger partial charge is 0.383 e. The molecule has 1 heterocycles. The molecule has 0 saturated carbocycles. The third kappa shape index (κ3) is 4.33. The maximum Gasteiger partial charge on any atom is 0.255 e. The van der Waals surface area contributed by atoms with E-state index in [9.17, 15) is 4.79 Å². The SMILES string of the molecule is CCC(CC)N(CCOC)C(=O)c1cc(Cl)ncc1Cl. The minimum atomic E-state index is -0.134. The molecule has 1 aromatic heterocycles. The zero-order valence-electron chi connectivity index (χ0n) is 12.0. The molecule has 1 rings (SSSR count). The van der Waals surface area contributed by atoms with E-state index < -0.39 is 0 Å². The number of pyridine rings is 1. The van der Waals surface area contributed by atoms with Gasteiger partial charge in [-0.15, -0.1) is 0 Å². The van der Waals surface area contributed by atoms with Crippen LogP contribution in [0.4, 0.5) is 0 Å². The van der Waals surface area contributed by atoms with Crippen molar-refractivity contribution in [2.45, 2.75) is 32.7 Å². The van der Waals surface area contributed by atoms with E-state index >= 15 is 0 Å². The summed E-state index contributed by atoms with van der Waals surface area (Å²) >= 11 is 11.9. The van der Waals surface area contributed by atoms with Gasteiger partial charge in [-0.05, 0) is 18.9 Å². The van der Waals surface area contributed by atoms with Crippen molar-refractivity contribution in [3.05, 3.63) is 28.0 Å². The zero-order chi connectivity index (χ0) is 15.1. The lowest BCUT2D eigenvalue weighted by molar-refractivity contribution is 0.0589. The van der Waals surface area contributed by atoms with Gasteiger partial charge in [-0.3, -0.25) is 4.79 Å². The first kappa shape index (κ1) is 17.2. The molecule has 1 aromatic rings. The molecule has 0 spiro atoms. The Balaban J connectivity index is 3.05. The lowest BCUT2D eigenvalue weighted by Gasteiger charge is -2.30. The maximum atomic E-state index is 12.7. The Bertz CT molecular complexity index is 451. The van der Waals surface area contributed by atoms with Crippen molar-refractivity contribution in [2.75, 3.05) is 20.3 Å². The number of halogens is 2.